The van der Waals surface area contributed by atoms with Crippen molar-refractivity contribution in [3.05, 3.63) is 29.8 Å². The highest BCUT2D eigenvalue weighted by atomic mass is 16.2. The molecule has 2 amide bonds. The summed E-state index contributed by atoms with van der Waals surface area (Å²) in [6.07, 6.45) is 0.901. The number of hydrogen-bond acceptors (Lipinski definition) is 3. The quantitative estimate of drug-likeness (QED) is 0.711. The molecular formula is C15H23N3O2. The van der Waals surface area contributed by atoms with Crippen LogP contribution in [-0.2, 0) is 4.79 Å². The maximum absolute atomic E-state index is 11.9. The average Bonchev–Trinajstić information content (AvgIpc) is 2.45. The number of amides is 2. The summed E-state index contributed by atoms with van der Waals surface area (Å²) in [6.45, 7) is 6.73. The van der Waals surface area contributed by atoms with E-state index in [9.17, 15) is 9.59 Å². The van der Waals surface area contributed by atoms with Gasteiger partial charge in [0.1, 0.15) is 0 Å². The highest BCUT2D eigenvalue weighted by molar-refractivity contribution is 5.94. The largest absolute Gasteiger partial charge is 0.376 e. The van der Waals surface area contributed by atoms with E-state index in [1.165, 1.54) is 0 Å². The molecule has 1 aromatic rings. The third kappa shape index (κ3) is 5.30. The van der Waals surface area contributed by atoms with Crippen molar-refractivity contribution >= 4 is 17.5 Å². The molecule has 5 heteroatoms. The molecule has 3 N–H and O–H groups in total. The van der Waals surface area contributed by atoms with Crippen molar-refractivity contribution in [3.8, 4) is 0 Å². The van der Waals surface area contributed by atoms with Gasteiger partial charge in [-0.1, -0.05) is 6.92 Å². The third-order valence-corrected chi connectivity index (χ3v) is 2.96. The van der Waals surface area contributed by atoms with Crippen molar-refractivity contribution in [2.45, 2.75) is 33.2 Å². The van der Waals surface area contributed by atoms with Gasteiger partial charge in [0.05, 0.1) is 6.54 Å². The molecule has 0 bridgehead atoms. The standard InChI is InChI=1S/C15H23N3O2/c1-4-11(3)18-15(20)12-6-8-13(9-7-12)17-10-14(19)16-5-2/h6-9,11,17H,4-5,10H2,1-3H3,(H,16,19)(H,18,20). The molecule has 0 aliphatic carbocycles. The lowest BCUT2D eigenvalue weighted by Crippen LogP contribution is -2.31. The van der Waals surface area contributed by atoms with Crippen LogP contribution >= 0.6 is 0 Å². The van der Waals surface area contributed by atoms with E-state index in [-0.39, 0.29) is 24.4 Å². The molecular weight excluding hydrogens is 254 g/mol. The van der Waals surface area contributed by atoms with Crippen LogP contribution in [0.25, 0.3) is 0 Å². The maximum Gasteiger partial charge on any atom is 0.251 e. The van der Waals surface area contributed by atoms with Gasteiger partial charge < -0.3 is 16.0 Å². The fraction of sp³-hybridized carbons (Fsp3) is 0.467. The summed E-state index contributed by atoms with van der Waals surface area (Å²) in [5.74, 6) is -0.124. The SMILES string of the molecule is CCNC(=O)CNc1ccc(C(=O)NC(C)CC)cc1. The Hall–Kier alpha value is -2.04. The van der Waals surface area contributed by atoms with E-state index in [1.54, 1.807) is 24.3 Å². The molecule has 20 heavy (non-hydrogen) atoms. The van der Waals surface area contributed by atoms with Gasteiger partial charge in [-0.05, 0) is 44.5 Å². The fourth-order valence-electron chi connectivity index (χ4n) is 1.59. The summed E-state index contributed by atoms with van der Waals surface area (Å²) in [5.41, 5.74) is 1.44. The molecule has 0 aliphatic rings. The van der Waals surface area contributed by atoms with Crippen molar-refractivity contribution in [3.63, 3.8) is 0 Å². The molecule has 0 saturated heterocycles. The molecule has 0 radical (unpaired) electrons. The van der Waals surface area contributed by atoms with Gasteiger partial charge in [0, 0.05) is 23.8 Å². The zero-order valence-corrected chi connectivity index (χ0v) is 12.3. The second kappa shape index (κ2) is 8.19. The van der Waals surface area contributed by atoms with Crippen LogP contribution in [-0.4, -0.2) is 30.9 Å². The molecule has 0 fully saturated rings. The van der Waals surface area contributed by atoms with Crippen molar-refractivity contribution in [2.75, 3.05) is 18.4 Å². The molecule has 1 atom stereocenters. The molecule has 0 aromatic heterocycles. The number of likely N-dealkylation sites (N-methyl/N-ethyl adjacent to an activating group) is 1. The molecule has 1 aromatic carbocycles. The number of hydrogen-bond donors (Lipinski definition) is 3. The first-order valence-corrected chi connectivity index (χ1v) is 6.98. The summed E-state index contributed by atoms with van der Waals surface area (Å²) in [5, 5.41) is 8.62. The van der Waals surface area contributed by atoms with Crippen molar-refractivity contribution < 1.29 is 9.59 Å². The summed E-state index contributed by atoms with van der Waals surface area (Å²) < 4.78 is 0. The van der Waals surface area contributed by atoms with Gasteiger partial charge >= 0.3 is 0 Å². The Balaban J connectivity index is 2.51. The molecule has 1 unspecified atom stereocenters. The van der Waals surface area contributed by atoms with Crippen LogP contribution in [0.4, 0.5) is 5.69 Å². The number of benzene rings is 1. The molecule has 0 aliphatic heterocycles. The Kier molecular flexibility index (Phi) is 6.56. The summed E-state index contributed by atoms with van der Waals surface area (Å²) in [7, 11) is 0. The maximum atomic E-state index is 11.9. The van der Waals surface area contributed by atoms with Crippen molar-refractivity contribution in [2.24, 2.45) is 0 Å². The summed E-state index contributed by atoms with van der Waals surface area (Å²) in [4.78, 5) is 23.2. The molecule has 110 valence electrons. The van der Waals surface area contributed by atoms with Crippen LogP contribution < -0.4 is 16.0 Å². The predicted octanol–water partition coefficient (Wildman–Crippen LogP) is 1.76. The zero-order valence-electron chi connectivity index (χ0n) is 12.3. The second-order valence-corrected chi connectivity index (χ2v) is 4.67. The van der Waals surface area contributed by atoms with Gasteiger partial charge in [-0.2, -0.15) is 0 Å². The van der Waals surface area contributed by atoms with Gasteiger partial charge in [0.2, 0.25) is 5.91 Å². The van der Waals surface area contributed by atoms with E-state index in [0.29, 0.717) is 12.1 Å². The van der Waals surface area contributed by atoms with E-state index < -0.39 is 0 Å². The van der Waals surface area contributed by atoms with Crippen LogP contribution in [0.5, 0.6) is 0 Å². The molecule has 0 spiro atoms. The minimum absolute atomic E-state index is 0.0499. The molecule has 0 heterocycles. The number of rotatable bonds is 7. The smallest absolute Gasteiger partial charge is 0.251 e. The first-order chi connectivity index (χ1) is 9.56. The fourth-order valence-corrected chi connectivity index (χ4v) is 1.59. The lowest BCUT2D eigenvalue weighted by atomic mass is 10.1. The summed E-state index contributed by atoms with van der Waals surface area (Å²) in [6, 6.07) is 7.25. The van der Waals surface area contributed by atoms with Gasteiger partial charge in [0.15, 0.2) is 0 Å². The number of anilines is 1. The molecule has 0 saturated carbocycles. The Bertz CT molecular complexity index is 443. The highest BCUT2D eigenvalue weighted by Crippen LogP contribution is 2.09. The first-order valence-electron chi connectivity index (χ1n) is 6.98. The number of carbonyl (C=O) groups is 2. The highest BCUT2D eigenvalue weighted by Gasteiger charge is 2.08. The zero-order chi connectivity index (χ0) is 15.0. The lowest BCUT2D eigenvalue weighted by Gasteiger charge is -2.12. The van der Waals surface area contributed by atoms with Gasteiger partial charge in [-0.3, -0.25) is 9.59 Å². The van der Waals surface area contributed by atoms with E-state index >= 15 is 0 Å². The Morgan fingerprint density at radius 3 is 2.35 bits per heavy atom. The van der Waals surface area contributed by atoms with Crippen LogP contribution in [0.2, 0.25) is 0 Å². The monoisotopic (exact) mass is 277 g/mol. The van der Waals surface area contributed by atoms with E-state index in [0.717, 1.165) is 12.1 Å². The third-order valence-electron chi connectivity index (χ3n) is 2.96. The topological polar surface area (TPSA) is 70.2 Å². The second-order valence-electron chi connectivity index (χ2n) is 4.67. The minimum atomic E-state index is -0.0744. The number of nitrogens with one attached hydrogen (secondary N) is 3. The van der Waals surface area contributed by atoms with Crippen LogP contribution in [0.3, 0.4) is 0 Å². The predicted molar refractivity (Wildman–Crippen MR) is 80.8 cm³/mol. The average molecular weight is 277 g/mol. The Morgan fingerprint density at radius 1 is 1.15 bits per heavy atom. The Morgan fingerprint density at radius 2 is 1.80 bits per heavy atom. The minimum Gasteiger partial charge on any atom is -0.376 e. The van der Waals surface area contributed by atoms with Crippen LogP contribution in [0.15, 0.2) is 24.3 Å². The number of carbonyl (C=O) groups excluding carboxylic acids is 2. The van der Waals surface area contributed by atoms with E-state index in [1.807, 2.05) is 20.8 Å². The lowest BCUT2D eigenvalue weighted by molar-refractivity contribution is -0.119. The Labute approximate surface area is 120 Å². The summed E-state index contributed by atoms with van der Waals surface area (Å²) >= 11 is 0. The first kappa shape index (κ1) is 16.0. The van der Waals surface area contributed by atoms with Gasteiger partial charge in [0.25, 0.3) is 5.91 Å². The van der Waals surface area contributed by atoms with E-state index in [4.69, 9.17) is 0 Å². The van der Waals surface area contributed by atoms with Gasteiger partial charge in [-0.15, -0.1) is 0 Å². The molecule has 1 rings (SSSR count). The van der Waals surface area contributed by atoms with Crippen molar-refractivity contribution in [1.82, 2.24) is 10.6 Å². The van der Waals surface area contributed by atoms with E-state index in [2.05, 4.69) is 16.0 Å². The van der Waals surface area contributed by atoms with Crippen molar-refractivity contribution in [1.29, 1.82) is 0 Å². The molecule has 5 nitrogen and oxygen atoms in total. The van der Waals surface area contributed by atoms with Crippen LogP contribution in [0.1, 0.15) is 37.6 Å². The van der Waals surface area contributed by atoms with Crippen LogP contribution in [0, 0.1) is 0 Å². The van der Waals surface area contributed by atoms with Gasteiger partial charge in [-0.25, -0.2) is 0 Å². The normalized spacial score (nSPS) is 11.6.